The number of ketones is 1. The zero-order valence-corrected chi connectivity index (χ0v) is 13.0. The third-order valence-electron chi connectivity index (χ3n) is 6.44. The first kappa shape index (κ1) is 14.3. The van der Waals surface area contributed by atoms with E-state index < -0.39 is 5.41 Å². The number of hydrogen-bond acceptors (Lipinski definition) is 2. The second-order valence-corrected chi connectivity index (χ2v) is 7.31. The van der Waals surface area contributed by atoms with Crippen molar-refractivity contribution < 1.29 is 9.59 Å². The number of amides is 1. The van der Waals surface area contributed by atoms with Crippen molar-refractivity contribution in [3.63, 3.8) is 0 Å². The van der Waals surface area contributed by atoms with Crippen LogP contribution in [0.15, 0.2) is 30.3 Å². The van der Waals surface area contributed by atoms with Gasteiger partial charge in [0.2, 0.25) is 5.91 Å². The summed E-state index contributed by atoms with van der Waals surface area (Å²) >= 11 is 0. The summed E-state index contributed by atoms with van der Waals surface area (Å²) in [5.41, 5.74) is -0.0344. The standard InChI is InChI=1S/C18H23NO2/c1-16(2)17(3)9-10-18(16,11-14(17)20)15(21)19-12-13-7-5-4-6-8-13/h4-8H,9-12H2,1-3H3,(H,19,21). The van der Waals surface area contributed by atoms with Crippen LogP contribution in [0, 0.1) is 16.2 Å². The predicted octanol–water partition coefficient (Wildman–Crippen LogP) is 3.09. The van der Waals surface area contributed by atoms with Gasteiger partial charge >= 0.3 is 0 Å². The first-order chi connectivity index (χ1) is 9.83. The van der Waals surface area contributed by atoms with Crippen molar-refractivity contribution in [2.24, 2.45) is 16.2 Å². The monoisotopic (exact) mass is 285 g/mol. The predicted molar refractivity (Wildman–Crippen MR) is 81.5 cm³/mol. The van der Waals surface area contributed by atoms with Crippen LogP contribution < -0.4 is 5.32 Å². The van der Waals surface area contributed by atoms with E-state index in [0.29, 0.717) is 13.0 Å². The second-order valence-electron chi connectivity index (χ2n) is 7.31. The number of carbonyl (C=O) groups excluding carboxylic acids is 2. The number of fused-ring (bicyclic) bond motifs is 2. The fourth-order valence-corrected chi connectivity index (χ4v) is 4.31. The van der Waals surface area contributed by atoms with E-state index in [0.717, 1.165) is 18.4 Å². The van der Waals surface area contributed by atoms with Crippen LogP contribution in [0.4, 0.5) is 0 Å². The molecule has 3 heteroatoms. The fourth-order valence-electron chi connectivity index (χ4n) is 4.31. The van der Waals surface area contributed by atoms with Crippen LogP contribution in [0.1, 0.15) is 45.6 Å². The highest BCUT2D eigenvalue weighted by Crippen LogP contribution is 2.70. The number of rotatable bonds is 3. The maximum atomic E-state index is 12.8. The Kier molecular flexibility index (Phi) is 3.01. The number of nitrogens with one attached hydrogen (secondary N) is 1. The average Bonchev–Trinajstić information content (AvgIpc) is 2.76. The molecule has 3 rings (SSSR count). The minimum absolute atomic E-state index is 0.0472. The summed E-state index contributed by atoms with van der Waals surface area (Å²) in [7, 11) is 0. The molecule has 112 valence electrons. The van der Waals surface area contributed by atoms with E-state index >= 15 is 0 Å². The molecule has 2 saturated carbocycles. The summed E-state index contributed by atoms with van der Waals surface area (Å²) in [5, 5.41) is 3.06. The lowest BCUT2D eigenvalue weighted by atomic mass is 9.64. The lowest BCUT2D eigenvalue weighted by Gasteiger charge is -2.38. The van der Waals surface area contributed by atoms with Gasteiger partial charge in [-0.3, -0.25) is 9.59 Å². The zero-order chi connectivity index (χ0) is 15.3. The molecule has 0 aromatic heterocycles. The molecule has 0 aliphatic heterocycles. The Labute approximate surface area is 126 Å². The average molecular weight is 285 g/mol. The van der Waals surface area contributed by atoms with Crippen LogP contribution in [-0.4, -0.2) is 11.7 Å². The smallest absolute Gasteiger partial charge is 0.227 e. The van der Waals surface area contributed by atoms with E-state index in [1.165, 1.54) is 0 Å². The molecule has 2 aliphatic carbocycles. The highest BCUT2D eigenvalue weighted by molar-refractivity contribution is 5.99. The van der Waals surface area contributed by atoms with Gasteiger partial charge in [-0.25, -0.2) is 0 Å². The minimum atomic E-state index is -0.520. The lowest BCUT2D eigenvalue weighted by molar-refractivity contribution is -0.136. The Balaban J connectivity index is 1.80. The van der Waals surface area contributed by atoms with Crippen molar-refractivity contribution >= 4 is 11.7 Å². The molecular weight excluding hydrogens is 262 g/mol. The number of carbonyl (C=O) groups is 2. The topological polar surface area (TPSA) is 46.2 Å². The van der Waals surface area contributed by atoms with Crippen LogP contribution in [0.3, 0.4) is 0 Å². The van der Waals surface area contributed by atoms with E-state index in [1.54, 1.807) is 0 Å². The van der Waals surface area contributed by atoms with E-state index in [9.17, 15) is 9.59 Å². The van der Waals surface area contributed by atoms with Crippen molar-refractivity contribution in [2.45, 2.75) is 46.6 Å². The van der Waals surface area contributed by atoms with Crippen LogP contribution in [0.5, 0.6) is 0 Å². The highest BCUT2D eigenvalue weighted by Gasteiger charge is 2.72. The van der Waals surface area contributed by atoms with E-state index in [4.69, 9.17) is 0 Å². The number of hydrogen-bond donors (Lipinski definition) is 1. The normalized spacial score (nSPS) is 33.2. The zero-order valence-electron chi connectivity index (χ0n) is 13.0. The third kappa shape index (κ3) is 1.73. The van der Waals surface area contributed by atoms with Gasteiger partial charge in [0.25, 0.3) is 0 Å². The van der Waals surface area contributed by atoms with Gasteiger partial charge in [-0.05, 0) is 23.8 Å². The fraction of sp³-hybridized carbons (Fsp3) is 0.556. The molecule has 3 nitrogen and oxygen atoms in total. The molecule has 2 bridgehead atoms. The van der Waals surface area contributed by atoms with Crippen LogP contribution in [-0.2, 0) is 16.1 Å². The molecular formula is C18H23NO2. The van der Waals surface area contributed by atoms with Crippen LogP contribution in [0.25, 0.3) is 0 Å². The van der Waals surface area contributed by atoms with Gasteiger partial charge < -0.3 is 5.32 Å². The Morgan fingerprint density at radius 1 is 1.14 bits per heavy atom. The molecule has 1 amide bonds. The lowest BCUT2D eigenvalue weighted by Crippen LogP contribution is -2.46. The van der Waals surface area contributed by atoms with Crippen LogP contribution >= 0.6 is 0 Å². The Bertz CT molecular complexity index is 592. The van der Waals surface area contributed by atoms with Gasteiger partial charge in [0.15, 0.2) is 0 Å². The summed E-state index contributed by atoms with van der Waals surface area (Å²) in [6, 6.07) is 9.90. The molecule has 2 atom stereocenters. The molecule has 1 aromatic rings. The van der Waals surface area contributed by atoms with E-state index in [1.807, 2.05) is 37.3 Å². The van der Waals surface area contributed by atoms with Gasteiger partial charge in [-0.1, -0.05) is 51.1 Å². The number of benzene rings is 1. The summed E-state index contributed by atoms with van der Waals surface area (Å²) in [5.74, 6) is 0.305. The molecule has 2 unspecified atom stereocenters. The SMILES string of the molecule is CC12CCC(C(=O)NCc3ccccc3)(CC1=O)C2(C)C. The van der Waals surface area contributed by atoms with Crippen molar-refractivity contribution in [3.8, 4) is 0 Å². The molecule has 0 radical (unpaired) electrons. The van der Waals surface area contributed by atoms with E-state index in [2.05, 4.69) is 19.2 Å². The molecule has 0 saturated heterocycles. The molecule has 21 heavy (non-hydrogen) atoms. The number of Topliss-reactive ketones (excluding diaryl/α,β-unsaturated/α-hetero) is 1. The maximum absolute atomic E-state index is 12.8. The van der Waals surface area contributed by atoms with Crippen molar-refractivity contribution in [1.82, 2.24) is 5.32 Å². The van der Waals surface area contributed by atoms with Gasteiger partial charge in [0.1, 0.15) is 5.78 Å². The van der Waals surface area contributed by atoms with Gasteiger partial charge in [-0.2, -0.15) is 0 Å². The van der Waals surface area contributed by atoms with Crippen molar-refractivity contribution in [3.05, 3.63) is 35.9 Å². The Hall–Kier alpha value is -1.64. The molecule has 2 fully saturated rings. The summed E-state index contributed by atoms with van der Waals surface area (Å²) in [6.45, 7) is 6.75. The van der Waals surface area contributed by atoms with Gasteiger partial charge in [0.05, 0.1) is 5.41 Å². The third-order valence-corrected chi connectivity index (χ3v) is 6.44. The maximum Gasteiger partial charge on any atom is 0.227 e. The first-order valence-corrected chi connectivity index (χ1v) is 7.69. The molecule has 2 aliphatic rings. The van der Waals surface area contributed by atoms with Crippen molar-refractivity contribution in [1.29, 1.82) is 0 Å². The molecule has 1 aromatic carbocycles. The highest BCUT2D eigenvalue weighted by atomic mass is 16.2. The first-order valence-electron chi connectivity index (χ1n) is 7.69. The molecule has 0 heterocycles. The quantitative estimate of drug-likeness (QED) is 0.927. The van der Waals surface area contributed by atoms with Gasteiger partial charge in [0, 0.05) is 18.4 Å². The molecule has 0 spiro atoms. The Morgan fingerprint density at radius 3 is 2.33 bits per heavy atom. The van der Waals surface area contributed by atoms with Crippen LogP contribution in [0.2, 0.25) is 0 Å². The largest absolute Gasteiger partial charge is 0.352 e. The van der Waals surface area contributed by atoms with Crippen molar-refractivity contribution in [2.75, 3.05) is 0 Å². The second kappa shape index (κ2) is 4.43. The Morgan fingerprint density at radius 2 is 1.81 bits per heavy atom. The molecule has 1 N–H and O–H groups in total. The van der Waals surface area contributed by atoms with E-state index in [-0.39, 0.29) is 22.5 Å². The summed E-state index contributed by atoms with van der Waals surface area (Å²) < 4.78 is 0. The van der Waals surface area contributed by atoms with Gasteiger partial charge in [-0.15, -0.1) is 0 Å². The summed E-state index contributed by atoms with van der Waals surface area (Å²) in [6.07, 6.45) is 2.05. The summed E-state index contributed by atoms with van der Waals surface area (Å²) in [4.78, 5) is 25.2. The minimum Gasteiger partial charge on any atom is -0.352 e.